The number of likely N-dealkylation sites (tertiary alicyclic amines) is 2. The van der Waals surface area contributed by atoms with Crippen molar-refractivity contribution in [3.63, 3.8) is 0 Å². The van der Waals surface area contributed by atoms with Gasteiger partial charge in [0.05, 0.1) is 0 Å². The number of hydrogen-bond acceptors (Lipinski definition) is 4. The van der Waals surface area contributed by atoms with Gasteiger partial charge in [0.15, 0.2) is 11.5 Å². The maximum atomic E-state index is 12.7. The Morgan fingerprint density at radius 1 is 1.00 bits per heavy atom. The number of nitrogens with zero attached hydrogens (tertiary/aromatic N) is 2. The molecule has 2 fully saturated rings. The van der Waals surface area contributed by atoms with E-state index in [0.29, 0.717) is 26.2 Å². The van der Waals surface area contributed by atoms with Gasteiger partial charge in [-0.05, 0) is 55.2 Å². The van der Waals surface area contributed by atoms with Gasteiger partial charge in [-0.2, -0.15) is 0 Å². The Kier molecular flexibility index (Phi) is 4.51. The van der Waals surface area contributed by atoms with Crippen LogP contribution in [0.25, 0.3) is 0 Å². The highest BCUT2D eigenvalue weighted by molar-refractivity contribution is 6.35. The Hall–Kier alpha value is -2.24. The summed E-state index contributed by atoms with van der Waals surface area (Å²) in [6.07, 6.45) is 4.83. The Morgan fingerprint density at radius 3 is 2.50 bits per heavy atom. The highest BCUT2D eigenvalue weighted by atomic mass is 16.7. The van der Waals surface area contributed by atoms with E-state index in [2.05, 4.69) is 13.0 Å². The number of rotatable bonds is 2. The molecule has 6 heteroatoms. The zero-order valence-corrected chi connectivity index (χ0v) is 15.3. The van der Waals surface area contributed by atoms with E-state index in [-0.39, 0.29) is 24.0 Å². The average Bonchev–Trinajstić information content (AvgIpc) is 3.31. The first-order valence-electron chi connectivity index (χ1n) is 9.51. The fourth-order valence-electron chi connectivity index (χ4n) is 4.37. The number of carbonyl (C=O) groups excluding carboxylic acids is 2. The highest BCUT2D eigenvalue weighted by Gasteiger charge is 2.37. The molecule has 3 aliphatic rings. The van der Waals surface area contributed by atoms with Gasteiger partial charge in [0, 0.05) is 26.2 Å². The minimum atomic E-state index is -0.330. The van der Waals surface area contributed by atoms with E-state index < -0.39 is 0 Å². The third kappa shape index (κ3) is 3.37. The Labute approximate surface area is 154 Å². The van der Waals surface area contributed by atoms with Gasteiger partial charge >= 0.3 is 11.8 Å². The van der Waals surface area contributed by atoms with Gasteiger partial charge in [-0.15, -0.1) is 0 Å². The molecule has 1 aromatic carbocycles. The summed E-state index contributed by atoms with van der Waals surface area (Å²) in [6.45, 7) is 5.21. The topological polar surface area (TPSA) is 59.1 Å². The van der Waals surface area contributed by atoms with Crippen molar-refractivity contribution in [1.82, 2.24) is 9.80 Å². The van der Waals surface area contributed by atoms with E-state index in [4.69, 9.17) is 9.47 Å². The largest absolute Gasteiger partial charge is 0.454 e. The summed E-state index contributed by atoms with van der Waals surface area (Å²) in [4.78, 5) is 28.6. The lowest BCUT2D eigenvalue weighted by Crippen LogP contribution is -2.51. The molecule has 2 amide bonds. The quantitative estimate of drug-likeness (QED) is 0.761. The summed E-state index contributed by atoms with van der Waals surface area (Å²) in [5.41, 5.74) is 1.14. The summed E-state index contributed by atoms with van der Waals surface area (Å²) < 4.78 is 10.8. The molecular formula is C20H26N2O4. The maximum absolute atomic E-state index is 12.7. The smallest absolute Gasteiger partial charge is 0.312 e. The molecule has 1 aromatic rings. The van der Waals surface area contributed by atoms with Crippen molar-refractivity contribution in [2.75, 3.05) is 33.0 Å². The molecule has 2 saturated heterocycles. The van der Waals surface area contributed by atoms with Crippen LogP contribution in [0.15, 0.2) is 18.2 Å². The number of hydrogen-bond donors (Lipinski definition) is 0. The molecule has 0 radical (unpaired) electrons. The van der Waals surface area contributed by atoms with Gasteiger partial charge in [0.2, 0.25) is 6.79 Å². The van der Waals surface area contributed by atoms with Crippen LogP contribution in [0.4, 0.5) is 0 Å². The van der Waals surface area contributed by atoms with Crippen molar-refractivity contribution in [2.24, 2.45) is 5.41 Å². The van der Waals surface area contributed by atoms with Gasteiger partial charge < -0.3 is 19.3 Å². The van der Waals surface area contributed by atoms with Gasteiger partial charge in [-0.1, -0.05) is 13.0 Å². The van der Waals surface area contributed by atoms with Crippen molar-refractivity contribution in [2.45, 2.75) is 39.0 Å². The molecule has 3 heterocycles. The minimum absolute atomic E-state index is 0.0348. The molecule has 0 saturated carbocycles. The van der Waals surface area contributed by atoms with Crippen LogP contribution in [0.3, 0.4) is 0 Å². The summed E-state index contributed by atoms with van der Waals surface area (Å²) in [6, 6.07) is 6.04. The molecule has 0 spiro atoms. The molecular weight excluding hydrogens is 332 g/mol. The Bertz CT molecular complexity index is 714. The first-order valence-corrected chi connectivity index (χ1v) is 9.51. The van der Waals surface area contributed by atoms with Gasteiger partial charge in [0.25, 0.3) is 0 Å². The van der Waals surface area contributed by atoms with Crippen LogP contribution in [-0.2, 0) is 16.0 Å². The van der Waals surface area contributed by atoms with Crippen LogP contribution >= 0.6 is 0 Å². The number of benzene rings is 1. The molecule has 0 bridgehead atoms. The van der Waals surface area contributed by atoms with Crippen molar-refractivity contribution in [1.29, 1.82) is 0 Å². The third-order valence-corrected chi connectivity index (χ3v) is 5.71. The van der Waals surface area contributed by atoms with Crippen LogP contribution in [-0.4, -0.2) is 54.6 Å². The first kappa shape index (κ1) is 17.2. The lowest BCUT2D eigenvalue weighted by molar-refractivity contribution is -0.153. The maximum Gasteiger partial charge on any atom is 0.312 e. The molecule has 4 rings (SSSR count). The molecule has 6 nitrogen and oxygen atoms in total. The van der Waals surface area contributed by atoms with E-state index in [1.165, 1.54) is 5.56 Å². The molecule has 1 unspecified atom stereocenters. The monoisotopic (exact) mass is 358 g/mol. The zero-order valence-electron chi connectivity index (χ0n) is 15.3. The van der Waals surface area contributed by atoms with E-state index in [1.54, 1.807) is 9.80 Å². The van der Waals surface area contributed by atoms with Crippen molar-refractivity contribution in [3.8, 4) is 11.5 Å². The first-order chi connectivity index (χ1) is 12.5. The standard InChI is InChI=1S/C20H26N2O4/c1-20(12-15-5-6-16-17(11-15)26-14-25-16)7-4-10-22(13-20)19(24)18(23)21-8-2-3-9-21/h5-6,11H,2-4,7-10,12-14H2,1H3. The zero-order chi connectivity index (χ0) is 18.1. The van der Waals surface area contributed by atoms with Crippen LogP contribution in [0.2, 0.25) is 0 Å². The lowest BCUT2D eigenvalue weighted by Gasteiger charge is -2.40. The van der Waals surface area contributed by atoms with Crippen LogP contribution < -0.4 is 9.47 Å². The summed E-state index contributed by atoms with van der Waals surface area (Å²) in [5.74, 6) is 0.924. The minimum Gasteiger partial charge on any atom is -0.454 e. The van der Waals surface area contributed by atoms with Crippen LogP contribution in [0, 0.1) is 5.41 Å². The normalized spacial score (nSPS) is 24.8. The number of ether oxygens (including phenoxy) is 2. The summed E-state index contributed by atoms with van der Waals surface area (Å²) in [5, 5.41) is 0. The van der Waals surface area contributed by atoms with E-state index in [0.717, 1.165) is 43.6 Å². The second-order valence-electron chi connectivity index (χ2n) is 8.00. The lowest BCUT2D eigenvalue weighted by atomic mass is 9.77. The Balaban J connectivity index is 1.43. The Morgan fingerprint density at radius 2 is 1.69 bits per heavy atom. The van der Waals surface area contributed by atoms with Gasteiger partial charge in [-0.3, -0.25) is 9.59 Å². The van der Waals surface area contributed by atoms with Gasteiger partial charge in [-0.25, -0.2) is 0 Å². The highest BCUT2D eigenvalue weighted by Crippen LogP contribution is 2.37. The van der Waals surface area contributed by atoms with E-state index in [9.17, 15) is 9.59 Å². The summed E-state index contributed by atoms with van der Waals surface area (Å²) in [7, 11) is 0. The second kappa shape index (κ2) is 6.82. The van der Waals surface area contributed by atoms with Crippen molar-refractivity contribution < 1.29 is 19.1 Å². The SMILES string of the molecule is CC1(Cc2ccc3c(c2)OCO3)CCCN(C(=O)C(=O)N2CCCC2)C1. The van der Waals surface area contributed by atoms with E-state index >= 15 is 0 Å². The number of fused-ring (bicyclic) bond motifs is 1. The molecule has 0 aromatic heterocycles. The molecule has 0 aliphatic carbocycles. The molecule has 26 heavy (non-hydrogen) atoms. The van der Waals surface area contributed by atoms with Crippen molar-refractivity contribution >= 4 is 11.8 Å². The molecule has 140 valence electrons. The molecule has 1 atom stereocenters. The van der Waals surface area contributed by atoms with E-state index in [1.807, 2.05) is 12.1 Å². The molecule has 0 N–H and O–H groups in total. The second-order valence-corrected chi connectivity index (χ2v) is 8.00. The molecule has 3 aliphatic heterocycles. The number of piperidine rings is 1. The van der Waals surface area contributed by atoms with Crippen LogP contribution in [0.5, 0.6) is 11.5 Å². The fraction of sp³-hybridized carbons (Fsp3) is 0.600. The fourth-order valence-corrected chi connectivity index (χ4v) is 4.37. The number of amides is 2. The van der Waals surface area contributed by atoms with Crippen LogP contribution in [0.1, 0.15) is 38.2 Å². The summed E-state index contributed by atoms with van der Waals surface area (Å²) >= 11 is 0. The third-order valence-electron chi connectivity index (χ3n) is 5.71. The predicted octanol–water partition coefficient (Wildman–Crippen LogP) is 2.21. The van der Waals surface area contributed by atoms with Gasteiger partial charge in [0.1, 0.15) is 0 Å². The van der Waals surface area contributed by atoms with Crippen molar-refractivity contribution in [3.05, 3.63) is 23.8 Å². The average molecular weight is 358 g/mol. The number of carbonyl (C=O) groups is 2. The predicted molar refractivity (Wildman–Crippen MR) is 96.0 cm³/mol.